The van der Waals surface area contributed by atoms with Gasteiger partial charge < -0.3 is 14.7 Å². The molecule has 2 saturated heterocycles. The maximum atomic E-state index is 12.4. The Morgan fingerprint density at radius 1 is 1.29 bits per heavy atom. The second kappa shape index (κ2) is 6.81. The third-order valence-corrected chi connectivity index (χ3v) is 4.69. The van der Waals surface area contributed by atoms with Crippen molar-refractivity contribution in [1.82, 2.24) is 9.80 Å². The van der Waals surface area contributed by atoms with Crippen molar-refractivity contribution in [3.8, 4) is 5.75 Å². The van der Waals surface area contributed by atoms with Gasteiger partial charge in [-0.1, -0.05) is 17.7 Å². The number of rotatable bonds is 5. The van der Waals surface area contributed by atoms with Gasteiger partial charge in [0.2, 0.25) is 0 Å². The Morgan fingerprint density at radius 3 is 2.79 bits per heavy atom. The van der Waals surface area contributed by atoms with Crippen LogP contribution >= 0.6 is 0 Å². The number of urea groups is 1. The zero-order valence-electron chi connectivity index (χ0n) is 14.2. The molecule has 130 valence electrons. The van der Waals surface area contributed by atoms with E-state index in [1.165, 1.54) is 4.90 Å². The minimum absolute atomic E-state index is 0.0183. The molecule has 6 heteroatoms. The van der Waals surface area contributed by atoms with E-state index in [2.05, 4.69) is 0 Å². The summed E-state index contributed by atoms with van der Waals surface area (Å²) in [5.41, 5.74) is 2.14. The zero-order chi connectivity index (χ0) is 17.3. The standard InChI is InChI=1S/C18H24N2O4/c1-12-6-7-16(13(2)9-12)24-11-14(21)10-20-17(22)15-5-3-4-8-19(15)18(20)23/h6-7,9,14-15,21H,3-5,8,10-11H2,1-2H3. The van der Waals surface area contributed by atoms with Crippen LogP contribution in [0.2, 0.25) is 0 Å². The Hall–Kier alpha value is -2.08. The number of imide groups is 1. The number of hydrogen-bond donors (Lipinski definition) is 1. The minimum atomic E-state index is -0.903. The van der Waals surface area contributed by atoms with Gasteiger partial charge in [-0.15, -0.1) is 0 Å². The van der Waals surface area contributed by atoms with Gasteiger partial charge >= 0.3 is 6.03 Å². The summed E-state index contributed by atoms with van der Waals surface area (Å²) in [5.74, 6) is 0.515. The van der Waals surface area contributed by atoms with E-state index in [1.807, 2.05) is 32.0 Å². The lowest BCUT2D eigenvalue weighted by Gasteiger charge is -2.26. The Kier molecular flexibility index (Phi) is 4.76. The molecule has 0 bridgehead atoms. The van der Waals surface area contributed by atoms with Crippen molar-refractivity contribution in [2.45, 2.75) is 45.3 Å². The van der Waals surface area contributed by atoms with Crippen molar-refractivity contribution >= 4 is 11.9 Å². The van der Waals surface area contributed by atoms with Crippen molar-refractivity contribution in [2.24, 2.45) is 0 Å². The normalized spacial score (nSPS) is 21.9. The monoisotopic (exact) mass is 332 g/mol. The molecule has 2 fully saturated rings. The molecule has 2 heterocycles. The van der Waals surface area contributed by atoms with Gasteiger partial charge in [0.05, 0.1) is 6.54 Å². The van der Waals surface area contributed by atoms with Crippen LogP contribution in [0.1, 0.15) is 30.4 Å². The van der Waals surface area contributed by atoms with Crippen molar-refractivity contribution in [3.05, 3.63) is 29.3 Å². The summed E-state index contributed by atoms with van der Waals surface area (Å²) in [5, 5.41) is 10.2. The predicted molar refractivity (Wildman–Crippen MR) is 88.9 cm³/mol. The second-order valence-electron chi connectivity index (χ2n) is 6.67. The molecule has 0 aliphatic carbocycles. The number of fused-ring (bicyclic) bond motifs is 1. The number of aliphatic hydroxyl groups is 1. The first-order valence-corrected chi connectivity index (χ1v) is 8.47. The number of carbonyl (C=O) groups is 2. The number of aliphatic hydroxyl groups excluding tert-OH is 1. The molecule has 1 aromatic carbocycles. The van der Waals surface area contributed by atoms with Gasteiger partial charge in [-0.2, -0.15) is 0 Å². The van der Waals surface area contributed by atoms with Crippen LogP contribution in [0.3, 0.4) is 0 Å². The SMILES string of the molecule is Cc1ccc(OCC(O)CN2C(=O)C3CCCCN3C2=O)c(C)c1. The van der Waals surface area contributed by atoms with Crippen molar-refractivity contribution < 1.29 is 19.4 Å². The highest BCUT2D eigenvalue weighted by atomic mass is 16.5. The summed E-state index contributed by atoms with van der Waals surface area (Å²) in [6.07, 6.45) is 1.71. The van der Waals surface area contributed by atoms with E-state index in [0.717, 1.165) is 30.4 Å². The number of aryl methyl sites for hydroxylation is 2. The molecule has 0 saturated carbocycles. The van der Waals surface area contributed by atoms with Gasteiger partial charge in [0.25, 0.3) is 5.91 Å². The van der Waals surface area contributed by atoms with E-state index in [0.29, 0.717) is 12.3 Å². The van der Waals surface area contributed by atoms with Gasteiger partial charge in [0.15, 0.2) is 0 Å². The molecule has 6 nitrogen and oxygen atoms in total. The summed E-state index contributed by atoms with van der Waals surface area (Å²) < 4.78 is 5.64. The maximum Gasteiger partial charge on any atom is 0.327 e. The highest BCUT2D eigenvalue weighted by molar-refractivity contribution is 6.04. The van der Waals surface area contributed by atoms with Crippen LogP contribution in [0.5, 0.6) is 5.75 Å². The lowest BCUT2D eigenvalue weighted by atomic mass is 10.0. The van der Waals surface area contributed by atoms with Crippen LogP contribution in [0.4, 0.5) is 4.79 Å². The van der Waals surface area contributed by atoms with Gasteiger partial charge in [0.1, 0.15) is 24.5 Å². The van der Waals surface area contributed by atoms with Crippen LogP contribution < -0.4 is 4.74 Å². The van der Waals surface area contributed by atoms with Crippen molar-refractivity contribution in [3.63, 3.8) is 0 Å². The molecule has 2 unspecified atom stereocenters. The first-order valence-electron chi connectivity index (χ1n) is 8.47. The molecule has 2 aliphatic heterocycles. The predicted octanol–water partition coefficient (Wildman–Crippen LogP) is 1.86. The first-order chi connectivity index (χ1) is 11.5. The molecule has 2 atom stereocenters. The summed E-state index contributed by atoms with van der Waals surface area (Å²) >= 11 is 0. The summed E-state index contributed by atoms with van der Waals surface area (Å²) in [6, 6.07) is 5.20. The summed E-state index contributed by atoms with van der Waals surface area (Å²) in [4.78, 5) is 27.5. The van der Waals surface area contributed by atoms with Crippen LogP contribution in [-0.4, -0.2) is 58.7 Å². The molecule has 3 amide bonds. The fourth-order valence-corrected chi connectivity index (χ4v) is 3.43. The first kappa shape index (κ1) is 16.8. The Balaban J connectivity index is 1.57. The highest BCUT2D eigenvalue weighted by Crippen LogP contribution is 2.26. The number of benzene rings is 1. The smallest absolute Gasteiger partial charge is 0.327 e. The van der Waals surface area contributed by atoms with Crippen LogP contribution in [0.15, 0.2) is 18.2 Å². The second-order valence-corrected chi connectivity index (χ2v) is 6.67. The molecule has 1 aromatic rings. The molecule has 0 radical (unpaired) electrons. The number of ether oxygens (including phenoxy) is 1. The number of hydrogen-bond acceptors (Lipinski definition) is 4. The third-order valence-electron chi connectivity index (χ3n) is 4.69. The summed E-state index contributed by atoms with van der Waals surface area (Å²) in [6.45, 7) is 4.60. The van der Waals surface area contributed by atoms with Gasteiger partial charge in [-0.3, -0.25) is 9.69 Å². The fourth-order valence-electron chi connectivity index (χ4n) is 3.43. The molecule has 0 spiro atoms. The molecular weight excluding hydrogens is 308 g/mol. The van der Waals surface area contributed by atoms with E-state index >= 15 is 0 Å². The number of nitrogens with zero attached hydrogens (tertiary/aromatic N) is 2. The van der Waals surface area contributed by atoms with E-state index in [9.17, 15) is 14.7 Å². The molecule has 2 aliphatic rings. The minimum Gasteiger partial charge on any atom is -0.491 e. The molecule has 3 rings (SSSR count). The topological polar surface area (TPSA) is 70.1 Å². The lowest BCUT2D eigenvalue weighted by molar-refractivity contribution is -0.129. The Bertz CT molecular complexity index is 622. The number of amides is 3. The fraction of sp³-hybridized carbons (Fsp3) is 0.556. The molecule has 0 aromatic heterocycles. The van der Waals surface area contributed by atoms with E-state index < -0.39 is 6.10 Å². The average Bonchev–Trinajstić information content (AvgIpc) is 2.79. The lowest BCUT2D eigenvalue weighted by Crippen LogP contribution is -2.40. The van der Waals surface area contributed by atoms with Gasteiger partial charge in [-0.05, 0) is 44.7 Å². The van der Waals surface area contributed by atoms with Gasteiger partial charge in [0, 0.05) is 6.54 Å². The van der Waals surface area contributed by atoms with Crippen LogP contribution in [0, 0.1) is 13.8 Å². The Morgan fingerprint density at radius 2 is 2.08 bits per heavy atom. The summed E-state index contributed by atoms with van der Waals surface area (Å²) in [7, 11) is 0. The van der Waals surface area contributed by atoms with Crippen LogP contribution in [0.25, 0.3) is 0 Å². The number of β-amino-alcohol motifs (C(OH)–C–C–N with tert-alkyl or cyclic N) is 1. The molecule has 1 N–H and O–H groups in total. The number of piperidine rings is 1. The quantitative estimate of drug-likeness (QED) is 0.836. The highest BCUT2D eigenvalue weighted by Gasteiger charge is 2.46. The van der Waals surface area contributed by atoms with E-state index in [-0.39, 0.29) is 31.1 Å². The molecule has 24 heavy (non-hydrogen) atoms. The zero-order valence-corrected chi connectivity index (χ0v) is 14.2. The van der Waals surface area contributed by atoms with Crippen molar-refractivity contribution in [2.75, 3.05) is 19.7 Å². The van der Waals surface area contributed by atoms with Crippen LogP contribution in [-0.2, 0) is 4.79 Å². The number of carbonyl (C=O) groups excluding carboxylic acids is 2. The van der Waals surface area contributed by atoms with Gasteiger partial charge in [-0.25, -0.2) is 4.79 Å². The third kappa shape index (κ3) is 3.24. The average molecular weight is 332 g/mol. The largest absolute Gasteiger partial charge is 0.491 e. The van der Waals surface area contributed by atoms with E-state index in [1.54, 1.807) is 4.90 Å². The Labute approximate surface area is 142 Å². The van der Waals surface area contributed by atoms with E-state index in [4.69, 9.17) is 4.74 Å². The van der Waals surface area contributed by atoms with Crippen molar-refractivity contribution in [1.29, 1.82) is 0 Å². The maximum absolute atomic E-state index is 12.4. The molecular formula is C18H24N2O4.